The van der Waals surface area contributed by atoms with Crippen LogP contribution >= 0.6 is 24.8 Å². The van der Waals surface area contributed by atoms with E-state index in [-0.39, 0.29) is 10.5 Å². The van der Waals surface area contributed by atoms with E-state index < -0.39 is 34.1 Å². The molecule has 1 aliphatic rings. The van der Waals surface area contributed by atoms with Gasteiger partial charge < -0.3 is 4.21 Å². The quantitative estimate of drug-likeness (QED) is 0.319. The van der Waals surface area contributed by atoms with Gasteiger partial charge in [-0.05, 0) is 4.66 Å². The largest absolute Gasteiger partial charge is 0.361 e. The molecule has 0 aromatic rings. The standard InChI is InChI=1S/F5H3N3OP3Si/c1-7-10(3)6-12(5,9-13)8(2)11(7)4/h13H3. The lowest BCUT2D eigenvalue weighted by molar-refractivity contribution is 0.177. The Balaban J connectivity index is 3.04. The summed E-state index contributed by atoms with van der Waals surface area (Å²) in [5, 5.41) is 0. The maximum Gasteiger partial charge on any atom is 0.360 e. The molecule has 0 radical (unpaired) electrons. The van der Waals surface area contributed by atoms with Gasteiger partial charge in [-0.15, -0.1) is 8.96 Å². The second-order valence-corrected chi connectivity index (χ2v) is 7.83. The first kappa shape index (κ1) is 11.9. The van der Waals surface area contributed by atoms with Crippen molar-refractivity contribution in [1.82, 2.24) is 9.33 Å². The smallest absolute Gasteiger partial charge is 0.360 e. The third kappa shape index (κ3) is 2.09. The molecule has 13 heteroatoms. The average Bonchev–Trinajstić information content (AvgIpc) is 2.12. The zero-order valence-corrected chi connectivity index (χ0v) is 10.7. The molecule has 0 aromatic heterocycles. The van der Waals surface area contributed by atoms with Crippen molar-refractivity contribution in [2.75, 3.05) is 0 Å². The van der Waals surface area contributed by atoms with E-state index in [1.165, 1.54) is 0 Å². The number of hydrogen-bond donors (Lipinski definition) is 0. The summed E-state index contributed by atoms with van der Waals surface area (Å²) in [6.07, 6.45) is 0. The molecule has 0 spiro atoms. The first-order valence-corrected chi connectivity index (χ1v) is 7.23. The molecule has 0 saturated heterocycles. The fraction of sp³-hybridized carbons (Fsp3) is 0. The van der Waals surface area contributed by atoms with E-state index in [4.69, 9.17) is 0 Å². The van der Waals surface area contributed by atoms with Crippen LogP contribution in [0.1, 0.15) is 0 Å². The van der Waals surface area contributed by atoms with Crippen molar-refractivity contribution in [3.05, 3.63) is 0 Å². The van der Waals surface area contributed by atoms with Gasteiger partial charge in [0.15, 0.2) is 10.5 Å². The summed E-state index contributed by atoms with van der Waals surface area (Å²) in [7, 11) is -12.3. The van der Waals surface area contributed by atoms with Gasteiger partial charge in [0.1, 0.15) is 0 Å². The van der Waals surface area contributed by atoms with E-state index in [1.54, 1.807) is 0 Å². The van der Waals surface area contributed by atoms with Crippen LogP contribution in [0.5, 0.6) is 0 Å². The van der Waals surface area contributed by atoms with E-state index in [9.17, 15) is 21.6 Å². The Labute approximate surface area is 75.7 Å². The molecule has 13 heavy (non-hydrogen) atoms. The van der Waals surface area contributed by atoms with Gasteiger partial charge in [-0.3, -0.25) is 0 Å². The lowest BCUT2D eigenvalue weighted by Crippen LogP contribution is -2.12. The Morgan fingerprint density at radius 2 is 1.92 bits per heavy atom. The Bertz CT molecular complexity index is 251. The number of rotatable bonds is 1. The van der Waals surface area contributed by atoms with Crippen LogP contribution in [0.15, 0.2) is 4.52 Å². The SMILES string of the molecule is FN1P(F)N=P(F)(O[SiH3])N(F)P1F. The first-order chi connectivity index (χ1) is 5.92. The van der Waals surface area contributed by atoms with Gasteiger partial charge in [0, 0.05) is 4.66 Å². The average molecular weight is 277 g/mol. The summed E-state index contributed by atoms with van der Waals surface area (Å²) in [5.41, 5.74) is 0. The van der Waals surface area contributed by atoms with Crippen molar-refractivity contribution in [1.29, 1.82) is 0 Å². The maximum atomic E-state index is 13.0. The summed E-state index contributed by atoms with van der Waals surface area (Å²) in [5.74, 6) is 0. The minimum atomic E-state index is -4.71. The molecular weight excluding hydrogens is 274 g/mol. The monoisotopic (exact) mass is 277 g/mol. The topological polar surface area (TPSA) is 28.1 Å². The molecule has 3 atom stereocenters. The van der Waals surface area contributed by atoms with Crippen LogP contribution in [0.25, 0.3) is 0 Å². The maximum absolute atomic E-state index is 13.0. The number of nitrogens with zero attached hydrogens (tertiary/aromatic N) is 3. The highest BCUT2D eigenvalue weighted by Gasteiger charge is 2.50. The third-order valence-electron chi connectivity index (χ3n) is 1.03. The first-order valence-electron chi connectivity index (χ1n) is 2.64. The lowest BCUT2D eigenvalue weighted by Gasteiger charge is -2.29. The van der Waals surface area contributed by atoms with Gasteiger partial charge in [-0.2, -0.15) is 17.1 Å². The molecule has 0 aromatic carbocycles. The molecular formula is H3F5N3OP3Si. The van der Waals surface area contributed by atoms with Crippen LogP contribution in [-0.2, 0) is 4.21 Å². The summed E-state index contributed by atoms with van der Waals surface area (Å²) in [4.78, 5) is 0. The van der Waals surface area contributed by atoms with E-state index in [0.717, 1.165) is 0 Å². The molecule has 78 valence electrons. The fourth-order valence-electron chi connectivity index (χ4n) is 0.474. The molecule has 0 N–H and O–H groups in total. The Morgan fingerprint density at radius 3 is 2.38 bits per heavy atom. The molecule has 1 aliphatic heterocycles. The summed E-state index contributed by atoms with van der Waals surface area (Å²) < 4.78 is 67.1. The molecule has 0 aliphatic carbocycles. The van der Waals surface area contributed by atoms with E-state index >= 15 is 0 Å². The zero-order chi connectivity index (χ0) is 10.2. The van der Waals surface area contributed by atoms with Crippen molar-refractivity contribution in [3.8, 4) is 0 Å². The van der Waals surface area contributed by atoms with Crippen molar-refractivity contribution < 1.29 is 25.8 Å². The van der Waals surface area contributed by atoms with Crippen LogP contribution in [0, 0.1) is 0 Å². The van der Waals surface area contributed by atoms with Crippen LogP contribution in [0.4, 0.5) is 21.6 Å². The number of hydrogen-bond acceptors (Lipinski definition) is 4. The summed E-state index contributed by atoms with van der Waals surface area (Å²) in [6.45, 7) is 0. The molecule has 0 fully saturated rings. The van der Waals surface area contributed by atoms with Gasteiger partial charge in [-0.25, -0.2) is 0 Å². The molecule has 3 unspecified atom stereocenters. The van der Waals surface area contributed by atoms with Crippen molar-refractivity contribution >= 4 is 35.3 Å². The van der Waals surface area contributed by atoms with Crippen LogP contribution < -0.4 is 0 Å². The Morgan fingerprint density at radius 1 is 1.38 bits per heavy atom. The molecule has 0 saturated carbocycles. The van der Waals surface area contributed by atoms with Crippen LogP contribution in [0.2, 0.25) is 0 Å². The van der Waals surface area contributed by atoms with E-state index in [1.807, 2.05) is 0 Å². The fourth-order valence-corrected chi connectivity index (χ4v) is 6.47. The molecule has 4 nitrogen and oxygen atoms in total. The van der Waals surface area contributed by atoms with Crippen molar-refractivity contribution in [3.63, 3.8) is 0 Å². The highest BCUT2D eigenvalue weighted by atomic mass is 31.3. The summed E-state index contributed by atoms with van der Waals surface area (Å²) in [6, 6.07) is 0. The minimum absolute atomic E-state index is 0.286. The predicted molar refractivity (Wildman–Crippen MR) is 43.4 cm³/mol. The second kappa shape index (κ2) is 4.14. The Kier molecular flexibility index (Phi) is 3.79. The van der Waals surface area contributed by atoms with Gasteiger partial charge in [-0.1, -0.05) is 0 Å². The highest BCUT2D eigenvalue weighted by Crippen LogP contribution is 2.80. The molecule has 0 bridgehead atoms. The normalized spacial score (nSPS) is 43.5. The third-order valence-corrected chi connectivity index (χ3v) is 7.57. The number of halogens is 5. The van der Waals surface area contributed by atoms with Gasteiger partial charge in [0.2, 0.25) is 0 Å². The molecule has 1 rings (SSSR count). The van der Waals surface area contributed by atoms with Gasteiger partial charge in [0.05, 0.1) is 0 Å². The van der Waals surface area contributed by atoms with Gasteiger partial charge >= 0.3 is 24.8 Å². The second-order valence-electron chi connectivity index (χ2n) is 1.71. The van der Waals surface area contributed by atoms with E-state index in [0.29, 0.717) is 0 Å². The van der Waals surface area contributed by atoms with Crippen LogP contribution in [-0.4, -0.2) is 19.8 Å². The highest BCUT2D eigenvalue weighted by molar-refractivity contribution is 7.77. The molecule has 0 amide bonds. The zero-order valence-electron chi connectivity index (χ0n) is 5.98. The van der Waals surface area contributed by atoms with Crippen LogP contribution in [0.3, 0.4) is 0 Å². The molecule has 1 heterocycles. The van der Waals surface area contributed by atoms with Crippen molar-refractivity contribution in [2.24, 2.45) is 4.52 Å². The lowest BCUT2D eigenvalue weighted by atomic mass is 13.6. The minimum Gasteiger partial charge on any atom is -0.361 e. The van der Waals surface area contributed by atoms with Crippen molar-refractivity contribution in [2.45, 2.75) is 0 Å². The Hall–Kier alpha value is 0.837. The summed E-state index contributed by atoms with van der Waals surface area (Å²) >= 11 is 0. The van der Waals surface area contributed by atoms with E-state index in [2.05, 4.69) is 8.73 Å². The van der Waals surface area contributed by atoms with Gasteiger partial charge in [0.25, 0.3) is 0 Å². The predicted octanol–water partition coefficient (Wildman–Crippen LogP) is 2.98.